The van der Waals surface area contributed by atoms with Gasteiger partial charge in [-0.15, -0.1) is 0 Å². The van der Waals surface area contributed by atoms with Crippen molar-refractivity contribution in [2.45, 2.75) is 51.7 Å². The fourth-order valence-electron chi connectivity index (χ4n) is 2.99. The third-order valence-corrected chi connectivity index (χ3v) is 4.05. The van der Waals surface area contributed by atoms with Gasteiger partial charge in [-0.1, -0.05) is 36.6 Å². The summed E-state index contributed by atoms with van der Waals surface area (Å²) in [6.45, 7) is 3.97. The highest BCUT2D eigenvalue weighted by Crippen LogP contribution is 2.25. The molecule has 1 heterocycles. The first-order chi connectivity index (χ1) is 8.72. The maximum Gasteiger partial charge on any atom is 0.192 e. The fourth-order valence-corrected chi connectivity index (χ4v) is 2.99. The van der Waals surface area contributed by atoms with E-state index in [0.29, 0.717) is 6.04 Å². The van der Waals surface area contributed by atoms with Gasteiger partial charge in [0.05, 0.1) is 6.04 Å². The standard InChI is InChI=1S/C15H21N3/c1-11-6-7-12-9-18(10-13(12)8-11)15(16)17-14-4-2-3-5-14/h6-8,14H,2-5,9-10H2,1H3,(H2,16,17). The summed E-state index contributed by atoms with van der Waals surface area (Å²) in [7, 11) is 0. The molecular weight excluding hydrogens is 222 g/mol. The van der Waals surface area contributed by atoms with Gasteiger partial charge in [-0.3, -0.25) is 0 Å². The molecule has 0 saturated heterocycles. The van der Waals surface area contributed by atoms with Gasteiger partial charge in [0, 0.05) is 13.1 Å². The van der Waals surface area contributed by atoms with E-state index >= 15 is 0 Å². The summed E-state index contributed by atoms with van der Waals surface area (Å²) in [5, 5.41) is 0. The highest BCUT2D eigenvalue weighted by Gasteiger charge is 2.22. The van der Waals surface area contributed by atoms with Crippen molar-refractivity contribution in [3.63, 3.8) is 0 Å². The molecule has 0 bridgehead atoms. The maximum absolute atomic E-state index is 6.15. The van der Waals surface area contributed by atoms with Crippen LogP contribution in [0, 0.1) is 6.92 Å². The molecule has 2 aliphatic rings. The quantitative estimate of drug-likeness (QED) is 0.608. The van der Waals surface area contributed by atoms with Crippen LogP contribution in [-0.4, -0.2) is 16.9 Å². The van der Waals surface area contributed by atoms with E-state index in [0.717, 1.165) is 19.0 Å². The first kappa shape index (κ1) is 11.6. The topological polar surface area (TPSA) is 41.6 Å². The molecule has 3 heteroatoms. The van der Waals surface area contributed by atoms with E-state index in [4.69, 9.17) is 5.73 Å². The Morgan fingerprint density at radius 2 is 1.94 bits per heavy atom. The van der Waals surface area contributed by atoms with E-state index in [1.165, 1.54) is 42.4 Å². The van der Waals surface area contributed by atoms with Crippen molar-refractivity contribution in [2.24, 2.45) is 10.7 Å². The Balaban J connectivity index is 1.73. The smallest absolute Gasteiger partial charge is 0.192 e. The second kappa shape index (κ2) is 4.63. The number of fused-ring (bicyclic) bond motifs is 1. The Morgan fingerprint density at radius 1 is 1.22 bits per heavy atom. The van der Waals surface area contributed by atoms with Crippen LogP contribution in [0.5, 0.6) is 0 Å². The van der Waals surface area contributed by atoms with Crippen LogP contribution in [0.3, 0.4) is 0 Å². The number of rotatable bonds is 1. The van der Waals surface area contributed by atoms with Gasteiger partial charge in [0.25, 0.3) is 0 Å². The summed E-state index contributed by atoms with van der Waals surface area (Å²) in [6.07, 6.45) is 5.03. The molecule has 1 aliphatic heterocycles. The van der Waals surface area contributed by atoms with E-state index in [9.17, 15) is 0 Å². The summed E-state index contributed by atoms with van der Waals surface area (Å²) in [5.41, 5.74) is 10.3. The Bertz CT molecular complexity index is 473. The minimum atomic E-state index is 0.468. The summed E-state index contributed by atoms with van der Waals surface area (Å²) in [5.74, 6) is 0.732. The molecule has 1 fully saturated rings. The number of hydrogen-bond acceptors (Lipinski definition) is 1. The molecule has 1 aromatic rings. The maximum atomic E-state index is 6.15. The summed E-state index contributed by atoms with van der Waals surface area (Å²) in [6, 6.07) is 7.12. The van der Waals surface area contributed by atoms with Crippen molar-refractivity contribution >= 4 is 5.96 Å². The first-order valence-electron chi connectivity index (χ1n) is 6.89. The monoisotopic (exact) mass is 243 g/mol. The minimum absolute atomic E-state index is 0.468. The Hall–Kier alpha value is -1.51. The molecule has 0 amide bonds. The lowest BCUT2D eigenvalue weighted by atomic mass is 10.1. The van der Waals surface area contributed by atoms with Gasteiger partial charge in [-0.2, -0.15) is 0 Å². The number of aliphatic imine (C=N–C) groups is 1. The van der Waals surface area contributed by atoms with E-state index < -0.39 is 0 Å². The van der Waals surface area contributed by atoms with Gasteiger partial charge in [-0.05, 0) is 30.9 Å². The molecule has 3 rings (SSSR count). The van der Waals surface area contributed by atoms with Crippen LogP contribution in [0.2, 0.25) is 0 Å². The average Bonchev–Trinajstić information content (AvgIpc) is 2.96. The molecule has 1 saturated carbocycles. The van der Waals surface area contributed by atoms with Gasteiger partial charge < -0.3 is 10.6 Å². The number of nitrogens with two attached hydrogens (primary N) is 1. The second-order valence-electron chi connectivity index (χ2n) is 5.55. The van der Waals surface area contributed by atoms with E-state index in [-0.39, 0.29) is 0 Å². The Kier molecular flexibility index (Phi) is 2.98. The zero-order valence-electron chi connectivity index (χ0n) is 11.0. The summed E-state index contributed by atoms with van der Waals surface area (Å²) in [4.78, 5) is 6.88. The zero-order chi connectivity index (χ0) is 12.5. The molecule has 0 aromatic heterocycles. The molecule has 3 nitrogen and oxygen atoms in total. The highest BCUT2D eigenvalue weighted by molar-refractivity contribution is 5.79. The highest BCUT2D eigenvalue weighted by atomic mass is 15.3. The molecule has 1 aliphatic carbocycles. The predicted molar refractivity (Wildman–Crippen MR) is 74.3 cm³/mol. The van der Waals surface area contributed by atoms with Crippen LogP contribution >= 0.6 is 0 Å². The van der Waals surface area contributed by atoms with Crippen LogP contribution in [-0.2, 0) is 13.1 Å². The van der Waals surface area contributed by atoms with Gasteiger partial charge in [0.1, 0.15) is 0 Å². The van der Waals surface area contributed by atoms with Crippen LogP contribution < -0.4 is 5.73 Å². The lowest BCUT2D eigenvalue weighted by Gasteiger charge is -2.17. The Morgan fingerprint density at radius 3 is 2.72 bits per heavy atom. The zero-order valence-corrected chi connectivity index (χ0v) is 11.0. The lowest BCUT2D eigenvalue weighted by Crippen LogP contribution is -2.34. The molecule has 0 atom stereocenters. The fraction of sp³-hybridized carbons (Fsp3) is 0.533. The number of aryl methyl sites for hydroxylation is 1. The molecule has 96 valence electrons. The molecule has 2 N–H and O–H groups in total. The SMILES string of the molecule is Cc1ccc2c(c1)CN(C(N)=NC1CCCC1)C2. The lowest BCUT2D eigenvalue weighted by molar-refractivity contribution is 0.436. The number of hydrogen-bond donors (Lipinski definition) is 1. The third kappa shape index (κ3) is 2.22. The molecule has 18 heavy (non-hydrogen) atoms. The first-order valence-corrected chi connectivity index (χ1v) is 6.89. The molecule has 0 radical (unpaired) electrons. The van der Waals surface area contributed by atoms with Crippen molar-refractivity contribution in [1.29, 1.82) is 0 Å². The third-order valence-electron chi connectivity index (χ3n) is 4.05. The normalized spacial score (nSPS) is 20.5. The van der Waals surface area contributed by atoms with Crippen molar-refractivity contribution in [1.82, 2.24) is 4.90 Å². The molecule has 0 spiro atoms. The number of nitrogens with zero attached hydrogens (tertiary/aromatic N) is 2. The Labute approximate surface area is 109 Å². The van der Waals surface area contributed by atoms with Gasteiger partial charge in [0.15, 0.2) is 5.96 Å². The number of benzene rings is 1. The molecule has 0 unspecified atom stereocenters. The van der Waals surface area contributed by atoms with Crippen molar-refractivity contribution in [3.8, 4) is 0 Å². The summed E-state index contributed by atoms with van der Waals surface area (Å²) >= 11 is 0. The van der Waals surface area contributed by atoms with Crippen molar-refractivity contribution in [3.05, 3.63) is 34.9 Å². The van der Waals surface area contributed by atoms with E-state index in [2.05, 4.69) is 35.0 Å². The predicted octanol–water partition coefficient (Wildman–Crippen LogP) is 2.57. The molecular formula is C15H21N3. The van der Waals surface area contributed by atoms with Crippen LogP contribution in [0.1, 0.15) is 42.4 Å². The van der Waals surface area contributed by atoms with Crippen LogP contribution in [0.25, 0.3) is 0 Å². The van der Waals surface area contributed by atoms with Gasteiger partial charge >= 0.3 is 0 Å². The molecule has 1 aromatic carbocycles. The van der Waals surface area contributed by atoms with Crippen molar-refractivity contribution < 1.29 is 0 Å². The van der Waals surface area contributed by atoms with Gasteiger partial charge in [0.2, 0.25) is 0 Å². The van der Waals surface area contributed by atoms with Crippen LogP contribution in [0.4, 0.5) is 0 Å². The number of guanidine groups is 1. The second-order valence-corrected chi connectivity index (χ2v) is 5.55. The largest absolute Gasteiger partial charge is 0.370 e. The van der Waals surface area contributed by atoms with Crippen LogP contribution in [0.15, 0.2) is 23.2 Å². The van der Waals surface area contributed by atoms with E-state index in [1.54, 1.807) is 0 Å². The average molecular weight is 243 g/mol. The van der Waals surface area contributed by atoms with E-state index in [1.807, 2.05) is 0 Å². The van der Waals surface area contributed by atoms with Crippen molar-refractivity contribution in [2.75, 3.05) is 0 Å². The van der Waals surface area contributed by atoms with Gasteiger partial charge in [-0.25, -0.2) is 4.99 Å². The minimum Gasteiger partial charge on any atom is -0.370 e. The summed E-state index contributed by atoms with van der Waals surface area (Å²) < 4.78 is 0.